The standard InChI is InChI=1S/C16H20Cl2N2S/c1-21-13-4-2-3-12(10-13)20-15-9-11(18)5-6-14(15)19-16(20)7-8-17/h5-6,9,12-13H,2-4,7-8,10H2,1H3. The first kappa shape index (κ1) is 15.5. The van der Waals surface area contributed by atoms with Crippen molar-refractivity contribution in [2.75, 3.05) is 12.1 Å². The molecular weight excluding hydrogens is 323 g/mol. The molecule has 1 aromatic carbocycles. The van der Waals surface area contributed by atoms with Crippen molar-refractivity contribution < 1.29 is 0 Å². The van der Waals surface area contributed by atoms with E-state index in [4.69, 9.17) is 28.2 Å². The van der Waals surface area contributed by atoms with Crippen LogP contribution in [0.2, 0.25) is 5.02 Å². The Labute approximate surface area is 140 Å². The summed E-state index contributed by atoms with van der Waals surface area (Å²) < 4.78 is 2.41. The van der Waals surface area contributed by atoms with Crippen LogP contribution in [0, 0.1) is 0 Å². The van der Waals surface area contributed by atoms with Crippen LogP contribution in [-0.2, 0) is 6.42 Å². The van der Waals surface area contributed by atoms with Gasteiger partial charge in [-0.2, -0.15) is 11.8 Å². The maximum atomic E-state index is 6.20. The average molecular weight is 343 g/mol. The fourth-order valence-corrected chi connectivity index (χ4v) is 4.51. The van der Waals surface area contributed by atoms with Crippen molar-refractivity contribution in [3.8, 4) is 0 Å². The van der Waals surface area contributed by atoms with Crippen LogP contribution in [0.1, 0.15) is 37.5 Å². The predicted octanol–water partition coefficient (Wildman–Crippen LogP) is 5.32. The van der Waals surface area contributed by atoms with Gasteiger partial charge in [0.15, 0.2) is 0 Å². The topological polar surface area (TPSA) is 17.8 Å². The number of aryl methyl sites for hydroxylation is 1. The lowest BCUT2D eigenvalue weighted by Crippen LogP contribution is -2.22. The Morgan fingerprint density at radius 1 is 1.38 bits per heavy atom. The zero-order valence-corrected chi connectivity index (χ0v) is 14.5. The number of thioether (sulfide) groups is 1. The highest BCUT2D eigenvalue weighted by atomic mass is 35.5. The van der Waals surface area contributed by atoms with Gasteiger partial charge in [0, 0.05) is 28.6 Å². The van der Waals surface area contributed by atoms with Gasteiger partial charge < -0.3 is 4.57 Å². The van der Waals surface area contributed by atoms with E-state index in [1.165, 1.54) is 25.7 Å². The fourth-order valence-electron chi connectivity index (χ4n) is 3.35. The van der Waals surface area contributed by atoms with Gasteiger partial charge in [-0.25, -0.2) is 4.98 Å². The van der Waals surface area contributed by atoms with Crippen molar-refractivity contribution in [1.29, 1.82) is 0 Å². The molecule has 114 valence electrons. The van der Waals surface area contributed by atoms with Crippen LogP contribution in [-0.4, -0.2) is 26.9 Å². The number of imidazole rings is 1. The molecule has 1 fully saturated rings. The molecule has 1 aliphatic carbocycles. The Kier molecular flexibility index (Phi) is 5.03. The molecule has 2 aromatic rings. The lowest BCUT2D eigenvalue weighted by Gasteiger charge is -2.30. The summed E-state index contributed by atoms with van der Waals surface area (Å²) in [6.07, 6.45) is 8.09. The SMILES string of the molecule is CSC1CCCC(n2c(CCCl)nc3ccc(Cl)cc32)C1. The Morgan fingerprint density at radius 2 is 2.24 bits per heavy atom. The number of fused-ring (bicyclic) bond motifs is 1. The third-order valence-electron chi connectivity index (χ3n) is 4.34. The lowest BCUT2D eigenvalue weighted by molar-refractivity contribution is 0.360. The maximum Gasteiger partial charge on any atom is 0.111 e. The zero-order valence-electron chi connectivity index (χ0n) is 12.2. The molecule has 2 atom stereocenters. The van der Waals surface area contributed by atoms with Gasteiger partial charge in [-0.3, -0.25) is 0 Å². The quantitative estimate of drug-likeness (QED) is 0.700. The van der Waals surface area contributed by atoms with Crippen LogP contribution in [0.4, 0.5) is 0 Å². The molecule has 1 aliphatic rings. The highest BCUT2D eigenvalue weighted by Crippen LogP contribution is 2.37. The first-order valence-electron chi connectivity index (χ1n) is 7.48. The second-order valence-electron chi connectivity index (χ2n) is 5.65. The molecule has 5 heteroatoms. The summed E-state index contributed by atoms with van der Waals surface area (Å²) in [5.41, 5.74) is 2.19. The first-order valence-corrected chi connectivity index (χ1v) is 9.68. The fraction of sp³-hybridized carbons (Fsp3) is 0.562. The van der Waals surface area contributed by atoms with E-state index >= 15 is 0 Å². The van der Waals surface area contributed by atoms with Gasteiger partial charge >= 0.3 is 0 Å². The normalized spacial score (nSPS) is 22.8. The van der Waals surface area contributed by atoms with Crippen LogP contribution in [0.15, 0.2) is 18.2 Å². The molecule has 21 heavy (non-hydrogen) atoms. The van der Waals surface area contributed by atoms with Crippen molar-refractivity contribution >= 4 is 46.0 Å². The van der Waals surface area contributed by atoms with Gasteiger partial charge in [0.1, 0.15) is 5.82 Å². The average Bonchev–Trinajstić information content (AvgIpc) is 2.85. The molecular formula is C16H20Cl2N2S. The Hall–Kier alpha value is -0.380. The number of hydrogen-bond donors (Lipinski definition) is 0. The lowest BCUT2D eigenvalue weighted by atomic mass is 9.94. The summed E-state index contributed by atoms with van der Waals surface area (Å²) in [6.45, 7) is 0. The van der Waals surface area contributed by atoms with Crippen LogP contribution in [0.25, 0.3) is 11.0 Å². The minimum atomic E-state index is 0.526. The summed E-state index contributed by atoms with van der Waals surface area (Å²) in [7, 11) is 0. The summed E-state index contributed by atoms with van der Waals surface area (Å²) in [5.74, 6) is 1.71. The maximum absolute atomic E-state index is 6.20. The number of hydrogen-bond acceptors (Lipinski definition) is 2. The predicted molar refractivity (Wildman–Crippen MR) is 94.0 cm³/mol. The molecule has 1 heterocycles. The molecule has 0 spiro atoms. The Bertz CT molecular complexity index is 626. The second-order valence-corrected chi connectivity index (χ2v) is 7.60. The molecule has 0 bridgehead atoms. The van der Waals surface area contributed by atoms with Gasteiger partial charge in [-0.1, -0.05) is 18.0 Å². The molecule has 3 rings (SSSR count). The highest BCUT2D eigenvalue weighted by Gasteiger charge is 2.26. The summed E-state index contributed by atoms with van der Waals surface area (Å²) >= 11 is 14.2. The van der Waals surface area contributed by atoms with Gasteiger partial charge in [-0.05, 0) is 43.7 Å². The summed E-state index contributed by atoms with van der Waals surface area (Å²) in [5, 5.41) is 1.53. The van der Waals surface area contributed by atoms with Crippen molar-refractivity contribution in [3.05, 3.63) is 29.0 Å². The van der Waals surface area contributed by atoms with Crippen LogP contribution in [0.3, 0.4) is 0 Å². The zero-order chi connectivity index (χ0) is 14.8. The molecule has 0 aliphatic heterocycles. The van der Waals surface area contributed by atoms with Gasteiger partial charge in [0.05, 0.1) is 11.0 Å². The molecule has 1 saturated carbocycles. The molecule has 1 aromatic heterocycles. The van der Waals surface area contributed by atoms with E-state index in [0.29, 0.717) is 11.9 Å². The van der Waals surface area contributed by atoms with Crippen molar-refractivity contribution in [3.63, 3.8) is 0 Å². The summed E-state index contributed by atoms with van der Waals surface area (Å²) in [4.78, 5) is 4.78. The van der Waals surface area contributed by atoms with E-state index in [1.54, 1.807) is 0 Å². The molecule has 2 unspecified atom stereocenters. The van der Waals surface area contributed by atoms with Crippen molar-refractivity contribution in [2.45, 2.75) is 43.4 Å². The van der Waals surface area contributed by atoms with Gasteiger partial charge in [-0.15, -0.1) is 11.6 Å². The Morgan fingerprint density at radius 3 is 3.00 bits per heavy atom. The minimum absolute atomic E-state index is 0.526. The van der Waals surface area contributed by atoms with Crippen LogP contribution < -0.4 is 0 Å². The second kappa shape index (κ2) is 6.80. The highest BCUT2D eigenvalue weighted by molar-refractivity contribution is 7.99. The van der Waals surface area contributed by atoms with Gasteiger partial charge in [0.25, 0.3) is 0 Å². The van der Waals surface area contributed by atoms with Crippen LogP contribution in [0.5, 0.6) is 0 Å². The van der Waals surface area contributed by atoms with Crippen molar-refractivity contribution in [2.24, 2.45) is 0 Å². The third kappa shape index (κ3) is 3.20. The van der Waals surface area contributed by atoms with Crippen LogP contribution >= 0.6 is 35.0 Å². The number of benzene rings is 1. The number of aromatic nitrogens is 2. The molecule has 0 N–H and O–H groups in total. The summed E-state index contributed by atoms with van der Waals surface area (Å²) in [6, 6.07) is 6.50. The number of nitrogens with zero attached hydrogens (tertiary/aromatic N) is 2. The van der Waals surface area contributed by atoms with E-state index in [0.717, 1.165) is 33.6 Å². The molecule has 0 saturated heterocycles. The van der Waals surface area contributed by atoms with Gasteiger partial charge in [0.2, 0.25) is 0 Å². The van der Waals surface area contributed by atoms with E-state index in [9.17, 15) is 0 Å². The largest absolute Gasteiger partial charge is 0.325 e. The number of rotatable bonds is 4. The molecule has 2 nitrogen and oxygen atoms in total. The molecule has 0 amide bonds. The van der Waals surface area contributed by atoms with E-state index in [-0.39, 0.29) is 0 Å². The minimum Gasteiger partial charge on any atom is -0.325 e. The van der Waals surface area contributed by atoms with E-state index < -0.39 is 0 Å². The Balaban J connectivity index is 2.05. The number of alkyl halides is 1. The van der Waals surface area contributed by atoms with Crippen molar-refractivity contribution in [1.82, 2.24) is 9.55 Å². The number of halogens is 2. The first-order chi connectivity index (χ1) is 10.2. The third-order valence-corrected chi connectivity index (χ3v) is 5.86. The molecule has 0 radical (unpaired) electrons. The monoisotopic (exact) mass is 342 g/mol. The smallest absolute Gasteiger partial charge is 0.111 e. The van der Waals surface area contributed by atoms with E-state index in [2.05, 4.69) is 10.8 Å². The van der Waals surface area contributed by atoms with E-state index in [1.807, 2.05) is 30.0 Å².